The first-order valence-corrected chi connectivity index (χ1v) is 9.96. The van der Waals surface area contributed by atoms with Crippen LogP contribution in [0.5, 0.6) is 5.88 Å². The molecule has 28 heavy (non-hydrogen) atoms. The quantitative estimate of drug-likeness (QED) is 0.688. The van der Waals surface area contributed by atoms with Gasteiger partial charge in [-0.15, -0.1) is 0 Å². The lowest BCUT2D eigenvalue weighted by Gasteiger charge is -2.30. The molecule has 1 aliphatic heterocycles. The van der Waals surface area contributed by atoms with Crippen LogP contribution in [0.3, 0.4) is 0 Å². The molecule has 1 aliphatic carbocycles. The van der Waals surface area contributed by atoms with E-state index in [1.54, 1.807) is 12.7 Å². The van der Waals surface area contributed by atoms with Gasteiger partial charge in [0.05, 0.1) is 30.2 Å². The van der Waals surface area contributed by atoms with Crippen LogP contribution in [0.1, 0.15) is 31.7 Å². The summed E-state index contributed by atoms with van der Waals surface area (Å²) in [5.74, 6) is 1.61. The van der Waals surface area contributed by atoms with E-state index in [0.29, 0.717) is 11.9 Å². The zero-order valence-electron chi connectivity index (χ0n) is 15.8. The molecule has 1 saturated carbocycles. The Hall–Kier alpha value is -2.74. The number of nitrogens with zero attached hydrogens (tertiary/aromatic N) is 6. The van der Waals surface area contributed by atoms with E-state index in [9.17, 15) is 0 Å². The third-order valence-corrected chi connectivity index (χ3v) is 5.62. The fourth-order valence-electron chi connectivity index (χ4n) is 4.07. The van der Waals surface area contributed by atoms with Gasteiger partial charge in [-0.1, -0.05) is 0 Å². The van der Waals surface area contributed by atoms with E-state index < -0.39 is 0 Å². The largest absolute Gasteiger partial charge is 0.474 e. The number of aromatic nitrogens is 5. The van der Waals surface area contributed by atoms with Gasteiger partial charge in [-0.3, -0.25) is 4.98 Å². The van der Waals surface area contributed by atoms with E-state index in [0.717, 1.165) is 68.7 Å². The molecule has 0 bridgehead atoms. The summed E-state index contributed by atoms with van der Waals surface area (Å²) in [5.41, 5.74) is 0.922. The van der Waals surface area contributed by atoms with Crippen molar-refractivity contribution in [3.05, 3.63) is 37.1 Å². The van der Waals surface area contributed by atoms with Gasteiger partial charge in [0.1, 0.15) is 24.6 Å². The fourth-order valence-corrected chi connectivity index (χ4v) is 4.07. The maximum Gasteiger partial charge on any atom is 0.225 e. The van der Waals surface area contributed by atoms with Crippen molar-refractivity contribution in [1.82, 2.24) is 24.7 Å². The van der Waals surface area contributed by atoms with E-state index >= 15 is 0 Å². The fraction of sp³-hybridized carbons (Fsp3) is 0.500. The Morgan fingerprint density at radius 2 is 1.96 bits per heavy atom. The SMILES string of the molecule is c1cnc2cc(N3CCOCC3)nc(O[C@H]3CC[C@@H](n4cncn4)CC3)c2c1. The second kappa shape index (κ2) is 7.71. The normalized spacial score (nSPS) is 23.1. The van der Waals surface area contributed by atoms with E-state index in [1.807, 2.05) is 23.0 Å². The Labute approximate surface area is 163 Å². The van der Waals surface area contributed by atoms with Gasteiger partial charge in [0.15, 0.2) is 0 Å². The third kappa shape index (κ3) is 3.52. The molecule has 8 heteroatoms. The Balaban J connectivity index is 1.36. The molecule has 2 aliphatic rings. The molecule has 8 nitrogen and oxygen atoms in total. The van der Waals surface area contributed by atoms with Crippen LogP contribution < -0.4 is 9.64 Å². The minimum absolute atomic E-state index is 0.163. The van der Waals surface area contributed by atoms with Crippen molar-refractivity contribution < 1.29 is 9.47 Å². The van der Waals surface area contributed by atoms with Gasteiger partial charge in [0.2, 0.25) is 5.88 Å². The van der Waals surface area contributed by atoms with Crippen molar-refractivity contribution in [3.8, 4) is 5.88 Å². The highest BCUT2D eigenvalue weighted by molar-refractivity contribution is 5.85. The van der Waals surface area contributed by atoms with Crippen LogP contribution in [0.15, 0.2) is 37.1 Å². The van der Waals surface area contributed by atoms with Gasteiger partial charge in [-0.25, -0.2) is 9.67 Å². The highest BCUT2D eigenvalue weighted by atomic mass is 16.5. The number of hydrogen-bond acceptors (Lipinski definition) is 7. The summed E-state index contributed by atoms with van der Waals surface area (Å²) >= 11 is 0. The van der Waals surface area contributed by atoms with Crippen molar-refractivity contribution in [3.63, 3.8) is 0 Å². The van der Waals surface area contributed by atoms with Crippen LogP contribution in [0, 0.1) is 0 Å². The summed E-state index contributed by atoms with van der Waals surface area (Å²) in [6, 6.07) is 6.44. The lowest BCUT2D eigenvalue weighted by molar-refractivity contribution is 0.120. The number of hydrogen-bond donors (Lipinski definition) is 0. The van der Waals surface area contributed by atoms with Gasteiger partial charge >= 0.3 is 0 Å². The molecule has 3 aromatic rings. The molecular weight excluding hydrogens is 356 g/mol. The molecule has 4 heterocycles. The topological polar surface area (TPSA) is 78.2 Å². The van der Waals surface area contributed by atoms with Crippen LogP contribution in [0.4, 0.5) is 5.82 Å². The summed E-state index contributed by atoms with van der Waals surface area (Å²) < 4.78 is 13.8. The molecule has 0 unspecified atom stereocenters. The van der Waals surface area contributed by atoms with Crippen LogP contribution in [-0.4, -0.2) is 57.1 Å². The standard InChI is InChI=1S/C20H24N6O2/c1-2-17-18(22-7-1)12-19(25-8-10-27-11-9-25)24-20(17)28-16-5-3-15(4-6-16)26-14-21-13-23-26/h1-2,7,12-16H,3-6,8-11H2/t15-,16+. The van der Waals surface area contributed by atoms with E-state index in [1.165, 1.54) is 0 Å². The zero-order valence-corrected chi connectivity index (χ0v) is 15.8. The monoisotopic (exact) mass is 380 g/mol. The summed E-state index contributed by atoms with van der Waals surface area (Å²) in [6.07, 6.45) is 9.42. The zero-order chi connectivity index (χ0) is 18.8. The van der Waals surface area contributed by atoms with E-state index in [4.69, 9.17) is 14.5 Å². The number of morpholine rings is 1. The second-order valence-corrected chi connectivity index (χ2v) is 7.38. The predicted molar refractivity (Wildman–Crippen MR) is 105 cm³/mol. The number of fused-ring (bicyclic) bond motifs is 1. The van der Waals surface area contributed by atoms with Crippen LogP contribution in [0.25, 0.3) is 10.9 Å². The van der Waals surface area contributed by atoms with Crippen molar-refractivity contribution in [1.29, 1.82) is 0 Å². The Bertz CT molecular complexity index is 918. The Morgan fingerprint density at radius 3 is 2.75 bits per heavy atom. The van der Waals surface area contributed by atoms with Crippen molar-refractivity contribution >= 4 is 16.7 Å². The first-order valence-electron chi connectivity index (χ1n) is 9.96. The number of ether oxygens (including phenoxy) is 2. The molecule has 3 aromatic heterocycles. The first-order chi connectivity index (χ1) is 13.9. The first kappa shape index (κ1) is 17.4. The molecule has 1 saturated heterocycles. The summed E-state index contributed by atoms with van der Waals surface area (Å²) in [6.45, 7) is 3.14. The molecular formula is C20H24N6O2. The lowest BCUT2D eigenvalue weighted by Crippen LogP contribution is -2.36. The minimum atomic E-state index is 0.163. The van der Waals surface area contributed by atoms with Crippen molar-refractivity contribution in [2.24, 2.45) is 0 Å². The smallest absolute Gasteiger partial charge is 0.225 e. The van der Waals surface area contributed by atoms with Crippen LogP contribution >= 0.6 is 0 Å². The molecule has 146 valence electrons. The maximum atomic E-state index is 6.41. The molecule has 0 N–H and O–H groups in total. The Kier molecular flexibility index (Phi) is 4.78. The summed E-state index contributed by atoms with van der Waals surface area (Å²) in [5, 5.41) is 5.25. The lowest BCUT2D eigenvalue weighted by atomic mass is 9.93. The highest BCUT2D eigenvalue weighted by Gasteiger charge is 2.25. The molecule has 2 fully saturated rings. The van der Waals surface area contributed by atoms with Crippen LogP contribution in [0.2, 0.25) is 0 Å². The van der Waals surface area contributed by atoms with Gasteiger partial charge in [0.25, 0.3) is 0 Å². The van der Waals surface area contributed by atoms with Crippen LogP contribution in [-0.2, 0) is 4.74 Å². The molecule has 0 spiro atoms. The minimum Gasteiger partial charge on any atom is -0.474 e. The predicted octanol–water partition coefficient (Wildman–Crippen LogP) is 2.62. The molecule has 0 radical (unpaired) electrons. The summed E-state index contributed by atoms with van der Waals surface area (Å²) in [7, 11) is 0. The maximum absolute atomic E-state index is 6.41. The third-order valence-electron chi connectivity index (χ3n) is 5.62. The van der Waals surface area contributed by atoms with Crippen molar-refractivity contribution in [2.75, 3.05) is 31.2 Å². The Morgan fingerprint density at radius 1 is 1.11 bits per heavy atom. The molecule has 0 aromatic carbocycles. The van der Waals surface area contributed by atoms with Gasteiger partial charge in [-0.2, -0.15) is 10.1 Å². The molecule has 5 rings (SSSR count). The average molecular weight is 380 g/mol. The number of anilines is 1. The number of pyridine rings is 2. The number of rotatable bonds is 4. The second-order valence-electron chi connectivity index (χ2n) is 7.38. The van der Waals surface area contributed by atoms with E-state index in [-0.39, 0.29) is 6.10 Å². The van der Waals surface area contributed by atoms with Gasteiger partial charge in [-0.05, 0) is 37.8 Å². The summed E-state index contributed by atoms with van der Waals surface area (Å²) in [4.78, 5) is 15.7. The highest BCUT2D eigenvalue weighted by Crippen LogP contribution is 2.33. The van der Waals surface area contributed by atoms with Crippen molar-refractivity contribution in [2.45, 2.75) is 37.8 Å². The van der Waals surface area contributed by atoms with Gasteiger partial charge in [0, 0.05) is 25.4 Å². The van der Waals surface area contributed by atoms with Gasteiger partial charge < -0.3 is 14.4 Å². The molecule has 0 amide bonds. The average Bonchev–Trinajstić information content (AvgIpc) is 3.30. The molecule has 0 atom stereocenters. The van der Waals surface area contributed by atoms with E-state index in [2.05, 4.69) is 26.0 Å².